The van der Waals surface area contributed by atoms with E-state index in [0.717, 1.165) is 19.3 Å². The molecule has 0 aliphatic carbocycles. The number of aliphatic hydroxyl groups is 3. The van der Waals surface area contributed by atoms with Gasteiger partial charge in [0.1, 0.15) is 0 Å². The molecule has 0 radical (unpaired) electrons. The number of carbonyl (C=O) groups is 3. The summed E-state index contributed by atoms with van der Waals surface area (Å²) in [6.07, 6.45) is 0.289. The fraction of sp³-hybridized carbons (Fsp3) is 0.727. The van der Waals surface area contributed by atoms with Crippen molar-refractivity contribution in [3.63, 3.8) is 0 Å². The van der Waals surface area contributed by atoms with Crippen LogP contribution < -0.4 is 0 Å². The number of hydrogen-bond acceptors (Lipinski definition) is 6. The molecule has 0 rings (SSSR count). The van der Waals surface area contributed by atoms with Gasteiger partial charge in [0.15, 0.2) is 5.60 Å². The summed E-state index contributed by atoms with van der Waals surface area (Å²) in [7, 11) is 0. The van der Waals surface area contributed by atoms with E-state index in [0.29, 0.717) is 0 Å². The number of unbranched alkanes of at least 4 members (excludes halogenated alkanes) is 2. The standard InChI is InChI=1S/C6H8O7.C5H12O2/c7-3(8)1-6(13,5(11)12)2-4(9)10;6-4-2-1-3-5-7/h13H,1-2H2,(H,7,8)(H,9,10)(H,11,12);6-7H,1-5H2. The molecule has 0 aromatic carbocycles. The number of rotatable bonds is 9. The first kappa shape index (κ1) is 20.6. The number of hydrogen-bond donors (Lipinski definition) is 6. The predicted molar refractivity (Wildman–Crippen MR) is 65.1 cm³/mol. The lowest BCUT2D eigenvalue weighted by Gasteiger charge is -2.18. The average molecular weight is 296 g/mol. The van der Waals surface area contributed by atoms with E-state index in [2.05, 4.69) is 0 Å². The van der Waals surface area contributed by atoms with Crippen LogP contribution in [0.25, 0.3) is 0 Å². The van der Waals surface area contributed by atoms with Gasteiger partial charge in [-0.1, -0.05) is 0 Å². The van der Waals surface area contributed by atoms with Crippen LogP contribution in [0.1, 0.15) is 32.1 Å². The van der Waals surface area contributed by atoms with Crippen LogP contribution in [0.2, 0.25) is 0 Å². The lowest BCUT2D eigenvalue weighted by molar-refractivity contribution is -0.170. The maximum Gasteiger partial charge on any atom is 0.336 e. The molecule has 0 unspecified atom stereocenters. The highest BCUT2D eigenvalue weighted by Gasteiger charge is 2.40. The highest BCUT2D eigenvalue weighted by Crippen LogP contribution is 2.15. The first-order valence-electron chi connectivity index (χ1n) is 5.80. The Morgan fingerprint density at radius 3 is 1.30 bits per heavy atom. The van der Waals surface area contributed by atoms with E-state index in [4.69, 9.17) is 30.6 Å². The fourth-order valence-corrected chi connectivity index (χ4v) is 1.11. The van der Waals surface area contributed by atoms with E-state index in [1.165, 1.54) is 0 Å². The van der Waals surface area contributed by atoms with Gasteiger partial charge in [0.25, 0.3) is 0 Å². The number of carboxylic acid groups (broad SMARTS) is 3. The summed E-state index contributed by atoms with van der Waals surface area (Å²) in [5, 5.41) is 50.2. The van der Waals surface area contributed by atoms with Crippen LogP contribution in [0.15, 0.2) is 0 Å². The predicted octanol–water partition coefficient (Wildman–Crippen LogP) is -1.11. The van der Waals surface area contributed by atoms with Crippen LogP contribution in [0.4, 0.5) is 0 Å². The SMILES string of the molecule is O=C(O)CC(O)(CC(=O)O)C(=O)O.OCCCCCO. The molecule has 0 aliphatic heterocycles. The Hall–Kier alpha value is -1.71. The number of carboxylic acids is 3. The summed E-state index contributed by atoms with van der Waals surface area (Å²) >= 11 is 0. The monoisotopic (exact) mass is 296 g/mol. The lowest BCUT2D eigenvalue weighted by atomic mass is 9.96. The van der Waals surface area contributed by atoms with E-state index in [-0.39, 0.29) is 13.2 Å². The first-order valence-corrected chi connectivity index (χ1v) is 5.80. The van der Waals surface area contributed by atoms with Crippen molar-refractivity contribution in [1.82, 2.24) is 0 Å². The maximum absolute atomic E-state index is 10.3. The Morgan fingerprint density at radius 2 is 1.10 bits per heavy atom. The van der Waals surface area contributed by atoms with Crippen LogP contribution in [-0.2, 0) is 14.4 Å². The molecule has 0 aromatic heterocycles. The van der Waals surface area contributed by atoms with Crippen molar-refractivity contribution < 1.29 is 45.0 Å². The van der Waals surface area contributed by atoms with Gasteiger partial charge in [-0.15, -0.1) is 0 Å². The second-order valence-electron chi connectivity index (χ2n) is 3.99. The van der Waals surface area contributed by atoms with Gasteiger partial charge < -0.3 is 30.6 Å². The summed E-state index contributed by atoms with van der Waals surface area (Å²) in [6, 6.07) is 0. The topological polar surface area (TPSA) is 173 Å². The zero-order chi connectivity index (χ0) is 16.2. The summed E-state index contributed by atoms with van der Waals surface area (Å²) in [5.74, 6) is -5.02. The van der Waals surface area contributed by atoms with E-state index in [1.807, 2.05) is 0 Å². The third kappa shape index (κ3) is 11.4. The second kappa shape index (κ2) is 11.1. The molecule has 6 N–H and O–H groups in total. The molecule has 20 heavy (non-hydrogen) atoms. The van der Waals surface area contributed by atoms with Gasteiger partial charge in [-0.25, -0.2) is 4.79 Å². The largest absolute Gasteiger partial charge is 0.481 e. The van der Waals surface area contributed by atoms with Crippen molar-refractivity contribution in [1.29, 1.82) is 0 Å². The highest BCUT2D eigenvalue weighted by atomic mass is 16.4. The maximum atomic E-state index is 10.3. The summed E-state index contributed by atoms with van der Waals surface area (Å²) in [4.78, 5) is 30.5. The van der Waals surface area contributed by atoms with Crippen molar-refractivity contribution in [2.45, 2.75) is 37.7 Å². The quantitative estimate of drug-likeness (QED) is 0.288. The van der Waals surface area contributed by atoms with Gasteiger partial charge in [-0.05, 0) is 19.3 Å². The molecule has 118 valence electrons. The zero-order valence-corrected chi connectivity index (χ0v) is 10.9. The summed E-state index contributed by atoms with van der Waals surface area (Å²) in [6.45, 7) is 0.500. The Morgan fingerprint density at radius 1 is 0.750 bits per heavy atom. The smallest absolute Gasteiger partial charge is 0.336 e. The van der Waals surface area contributed by atoms with Crippen LogP contribution >= 0.6 is 0 Å². The molecule has 9 heteroatoms. The fourth-order valence-electron chi connectivity index (χ4n) is 1.11. The normalized spacial score (nSPS) is 10.3. The molecule has 0 spiro atoms. The van der Waals surface area contributed by atoms with Gasteiger partial charge in [-0.2, -0.15) is 0 Å². The number of aliphatic carboxylic acids is 3. The van der Waals surface area contributed by atoms with Crippen LogP contribution in [0.5, 0.6) is 0 Å². The second-order valence-corrected chi connectivity index (χ2v) is 3.99. The van der Waals surface area contributed by atoms with Crippen LogP contribution in [0, 0.1) is 0 Å². The summed E-state index contributed by atoms with van der Waals surface area (Å²) in [5.41, 5.74) is -2.74. The van der Waals surface area contributed by atoms with E-state index in [1.54, 1.807) is 0 Å². The van der Waals surface area contributed by atoms with Gasteiger partial charge in [-0.3, -0.25) is 9.59 Å². The lowest BCUT2D eigenvalue weighted by Crippen LogP contribution is -2.42. The van der Waals surface area contributed by atoms with Crippen molar-refractivity contribution in [3.8, 4) is 0 Å². The average Bonchev–Trinajstić information content (AvgIpc) is 2.28. The van der Waals surface area contributed by atoms with Gasteiger partial charge >= 0.3 is 17.9 Å². The Labute approximate surface area is 115 Å². The minimum Gasteiger partial charge on any atom is -0.481 e. The van der Waals surface area contributed by atoms with Gasteiger partial charge in [0.05, 0.1) is 12.8 Å². The number of aliphatic hydroxyl groups excluding tert-OH is 2. The third-order valence-electron chi connectivity index (χ3n) is 2.10. The van der Waals surface area contributed by atoms with Crippen LogP contribution in [-0.4, -0.2) is 67.4 Å². The molecular formula is C11H20O9. The van der Waals surface area contributed by atoms with Crippen molar-refractivity contribution in [2.24, 2.45) is 0 Å². The van der Waals surface area contributed by atoms with Crippen molar-refractivity contribution >= 4 is 17.9 Å². The Bertz CT molecular complexity index is 293. The highest BCUT2D eigenvalue weighted by molar-refractivity contribution is 5.88. The molecule has 0 atom stereocenters. The summed E-state index contributed by atoms with van der Waals surface area (Å²) < 4.78 is 0. The zero-order valence-electron chi connectivity index (χ0n) is 10.9. The molecule has 0 saturated carbocycles. The van der Waals surface area contributed by atoms with E-state index < -0.39 is 36.4 Å². The van der Waals surface area contributed by atoms with Crippen molar-refractivity contribution in [2.75, 3.05) is 13.2 Å². The molecule has 0 saturated heterocycles. The molecule has 0 bridgehead atoms. The van der Waals surface area contributed by atoms with Crippen molar-refractivity contribution in [3.05, 3.63) is 0 Å². The van der Waals surface area contributed by atoms with Gasteiger partial charge in [0.2, 0.25) is 0 Å². The molecule has 0 heterocycles. The molecule has 0 fully saturated rings. The molecule has 0 aromatic rings. The first-order chi connectivity index (χ1) is 9.19. The molecule has 0 amide bonds. The Balaban J connectivity index is 0. The minimum absolute atomic E-state index is 0.250. The van der Waals surface area contributed by atoms with Gasteiger partial charge in [0, 0.05) is 13.2 Å². The molecule has 0 aliphatic rings. The molecule has 9 nitrogen and oxygen atoms in total. The third-order valence-corrected chi connectivity index (χ3v) is 2.10. The Kier molecular flexibility index (Phi) is 11.5. The minimum atomic E-state index is -2.74. The van der Waals surface area contributed by atoms with Crippen LogP contribution in [0.3, 0.4) is 0 Å². The van der Waals surface area contributed by atoms with E-state index in [9.17, 15) is 14.4 Å². The molecular weight excluding hydrogens is 276 g/mol. The van der Waals surface area contributed by atoms with E-state index >= 15 is 0 Å².